The predicted molar refractivity (Wildman–Crippen MR) is 80.9 cm³/mol. The highest BCUT2D eigenvalue weighted by molar-refractivity contribution is 9.10. The van der Waals surface area contributed by atoms with Crippen LogP contribution in [-0.2, 0) is 16.1 Å². The number of thioether (sulfide) groups is 1. The molecule has 106 valence electrons. The molecular formula is C13H13BrN2O3S. The quantitative estimate of drug-likeness (QED) is 0.633. The lowest BCUT2D eigenvalue weighted by molar-refractivity contribution is -0.136. The molecule has 0 radical (unpaired) electrons. The molecule has 0 saturated heterocycles. The van der Waals surface area contributed by atoms with Gasteiger partial charge in [0.1, 0.15) is 11.6 Å². The first-order valence-electron chi connectivity index (χ1n) is 5.90. The van der Waals surface area contributed by atoms with Gasteiger partial charge in [-0.3, -0.25) is 4.79 Å². The predicted octanol–water partition coefficient (Wildman–Crippen LogP) is 3.11. The second kappa shape index (κ2) is 7.01. The van der Waals surface area contributed by atoms with Gasteiger partial charge in [-0.2, -0.15) is 0 Å². The molecule has 0 fully saturated rings. The molecule has 0 spiro atoms. The van der Waals surface area contributed by atoms with Crippen molar-refractivity contribution in [3.05, 3.63) is 28.5 Å². The zero-order valence-electron chi connectivity index (χ0n) is 10.8. The molecule has 1 aromatic heterocycles. The number of carboxylic acids is 1. The van der Waals surface area contributed by atoms with Crippen molar-refractivity contribution in [3.63, 3.8) is 0 Å². The Bertz CT molecular complexity index is 636. The van der Waals surface area contributed by atoms with Crippen LogP contribution in [-0.4, -0.2) is 33.9 Å². The standard InChI is InChI=1S/C13H13BrN2O3S/c1-19-7-11-15-10-3-2-8(14)6-9(10)13(16-11)20-5-4-12(17)18/h2-3,6H,4-5,7H2,1H3,(H,17,18). The van der Waals surface area contributed by atoms with E-state index in [1.54, 1.807) is 7.11 Å². The molecule has 7 heteroatoms. The molecule has 0 saturated carbocycles. The fraction of sp³-hybridized carbons (Fsp3) is 0.308. The summed E-state index contributed by atoms with van der Waals surface area (Å²) in [5.41, 5.74) is 0.827. The zero-order chi connectivity index (χ0) is 14.5. The summed E-state index contributed by atoms with van der Waals surface area (Å²) >= 11 is 4.84. The summed E-state index contributed by atoms with van der Waals surface area (Å²) in [5.74, 6) is 0.259. The Hall–Kier alpha value is -1.18. The van der Waals surface area contributed by atoms with Gasteiger partial charge in [-0.15, -0.1) is 11.8 Å². The average molecular weight is 357 g/mol. The molecular weight excluding hydrogens is 344 g/mol. The number of halogens is 1. The summed E-state index contributed by atoms with van der Waals surface area (Å²) in [7, 11) is 1.59. The first-order chi connectivity index (χ1) is 9.60. The SMILES string of the molecule is COCc1nc(SCCC(=O)O)c2cc(Br)ccc2n1. The van der Waals surface area contributed by atoms with Crippen LogP contribution in [0.4, 0.5) is 0 Å². The summed E-state index contributed by atoms with van der Waals surface area (Å²) in [5, 5.41) is 10.4. The third-order valence-electron chi connectivity index (χ3n) is 2.50. The third-order valence-corrected chi connectivity index (χ3v) is 3.98. The van der Waals surface area contributed by atoms with Crippen molar-refractivity contribution >= 4 is 44.6 Å². The molecule has 5 nitrogen and oxygen atoms in total. The minimum Gasteiger partial charge on any atom is -0.481 e. The van der Waals surface area contributed by atoms with Gasteiger partial charge in [0.2, 0.25) is 0 Å². The lowest BCUT2D eigenvalue weighted by Crippen LogP contribution is -2.01. The van der Waals surface area contributed by atoms with Crippen molar-refractivity contribution < 1.29 is 14.6 Å². The Labute approximate surface area is 128 Å². The van der Waals surface area contributed by atoms with E-state index in [1.165, 1.54) is 11.8 Å². The number of nitrogens with zero attached hydrogens (tertiary/aromatic N) is 2. The number of carbonyl (C=O) groups is 1. The van der Waals surface area contributed by atoms with Gasteiger partial charge in [0, 0.05) is 22.7 Å². The van der Waals surface area contributed by atoms with E-state index < -0.39 is 5.97 Å². The molecule has 20 heavy (non-hydrogen) atoms. The van der Waals surface area contributed by atoms with Crippen molar-refractivity contribution in [1.82, 2.24) is 9.97 Å². The Morgan fingerprint density at radius 1 is 1.45 bits per heavy atom. The molecule has 1 heterocycles. The van der Waals surface area contributed by atoms with E-state index in [9.17, 15) is 4.79 Å². The van der Waals surface area contributed by atoms with Crippen LogP contribution in [0.25, 0.3) is 10.9 Å². The monoisotopic (exact) mass is 356 g/mol. The van der Waals surface area contributed by atoms with Crippen molar-refractivity contribution in [1.29, 1.82) is 0 Å². The van der Waals surface area contributed by atoms with Crippen molar-refractivity contribution in [2.45, 2.75) is 18.1 Å². The van der Waals surface area contributed by atoms with Crippen LogP contribution in [0.1, 0.15) is 12.2 Å². The van der Waals surface area contributed by atoms with Crippen LogP contribution in [0.3, 0.4) is 0 Å². The largest absolute Gasteiger partial charge is 0.481 e. The van der Waals surface area contributed by atoms with Crippen molar-refractivity contribution in [3.8, 4) is 0 Å². The number of methoxy groups -OCH3 is 1. The first-order valence-corrected chi connectivity index (χ1v) is 7.67. The van der Waals surface area contributed by atoms with E-state index in [0.717, 1.165) is 20.4 Å². The van der Waals surface area contributed by atoms with Crippen LogP contribution < -0.4 is 0 Å². The lowest BCUT2D eigenvalue weighted by atomic mass is 10.2. The Morgan fingerprint density at radius 3 is 2.95 bits per heavy atom. The molecule has 0 aliphatic heterocycles. The maximum atomic E-state index is 10.6. The average Bonchev–Trinajstić information content (AvgIpc) is 2.39. The van der Waals surface area contributed by atoms with Crippen LogP contribution in [0.2, 0.25) is 0 Å². The molecule has 2 rings (SSSR count). The van der Waals surface area contributed by atoms with Gasteiger partial charge in [-0.25, -0.2) is 9.97 Å². The fourth-order valence-electron chi connectivity index (χ4n) is 1.66. The number of carboxylic acid groups (broad SMARTS) is 1. The van der Waals surface area contributed by atoms with Crippen LogP contribution >= 0.6 is 27.7 Å². The number of fused-ring (bicyclic) bond motifs is 1. The molecule has 0 amide bonds. The minimum absolute atomic E-state index is 0.101. The van der Waals surface area contributed by atoms with Gasteiger partial charge in [-0.05, 0) is 18.2 Å². The fourth-order valence-corrected chi connectivity index (χ4v) is 2.98. The Kier molecular flexibility index (Phi) is 5.33. The molecule has 0 aliphatic rings. The Morgan fingerprint density at radius 2 is 2.25 bits per heavy atom. The minimum atomic E-state index is -0.811. The summed E-state index contributed by atoms with van der Waals surface area (Å²) < 4.78 is 6.00. The number of ether oxygens (including phenoxy) is 1. The van der Waals surface area contributed by atoms with Gasteiger partial charge in [-0.1, -0.05) is 15.9 Å². The van der Waals surface area contributed by atoms with Crippen LogP contribution in [0.15, 0.2) is 27.7 Å². The summed E-state index contributed by atoms with van der Waals surface area (Å²) in [6.07, 6.45) is 0.101. The van der Waals surface area contributed by atoms with Gasteiger partial charge in [0.05, 0.1) is 11.9 Å². The maximum absolute atomic E-state index is 10.6. The molecule has 2 aromatic rings. The number of hydrogen-bond donors (Lipinski definition) is 1. The number of benzene rings is 1. The highest BCUT2D eigenvalue weighted by Crippen LogP contribution is 2.28. The molecule has 1 aromatic carbocycles. The van der Waals surface area contributed by atoms with E-state index in [4.69, 9.17) is 9.84 Å². The van der Waals surface area contributed by atoms with E-state index >= 15 is 0 Å². The molecule has 0 aliphatic carbocycles. The van der Waals surface area contributed by atoms with E-state index in [1.807, 2.05) is 18.2 Å². The number of aliphatic carboxylic acids is 1. The van der Waals surface area contributed by atoms with E-state index in [2.05, 4.69) is 25.9 Å². The Balaban J connectivity index is 2.36. The smallest absolute Gasteiger partial charge is 0.304 e. The zero-order valence-corrected chi connectivity index (χ0v) is 13.2. The second-order valence-electron chi connectivity index (χ2n) is 4.03. The number of rotatable bonds is 6. The first kappa shape index (κ1) is 15.2. The lowest BCUT2D eigenvalue weighted by Gasteiger charge is -2.08. The van der Waals surface area contributed by atoms with Crippen LogP contribution in [0, 0.1) is 0 Å². The van der Waals surface area contributed by atoms with Gasteiger partial charge in [0.25, 0.3) is 0 Å². The molecule has 0 unspecified atom stereocenters. The second-order valence-corrected chi connectivity index (χ2v) is 6.03. The maximum Gasteiger partial charge on any atom is 0.304 e. The van der Waals surface area contributed by atoms with E-state index in [-0.39, 0.29) is 6.42 Å². The topological polar surface area (TPSA) is 72.3 Å². The van der Waals surface area contributed by atoms with Gasteiger partial charge < -0.3 is 9.84 Å². The number of hydrogen-bond acceptors (Lipinski definition) is 5. The molecule has 0 atom stereocenters. The van der Waals surface area contributed by atoms with Crippen molar-refractivity contribution in [2.75, 3.05) is 12.9 Å². The summed E-state index contributed by atoms with van der Waals surface area (Å²) in [6, 6.07) is 5.76. The van der Waals surface area contributed by atoms with E-state index in [0.29, 0.717) is 18.2 Å². The molecule has 0 bridgehead atoms. The van der Waals surface area contributed by atoms with Gasteiger partial charge in [0.15, 0.2) is 5.82 Å². The third kappa shape index (κ3) is 3.91. The summed E-state index contributed by atoms with van der Waals surface area (Å²) in [6.45, 7) is 0.332. The summed E-state index contributed by atoms with van der Waals surface area (Å²) in [4.78, 5) is 19.5. The van der Waals surface area contributed by atoms with Crippen LogP contribution in [0.5, 0.6) is 0 Å². The number of aromatic nitrogens is 2. The highest BCUT2D eigenvalue weighted by atomic mass is 79.9. The molecule has 1 N–H and O–H groups in total. The van der Waals surface area contributed by atoms with Gasteiger partial charge >= 0.3 is 5.97 Å². The highest BCUT2D eigenvalue weighted by Gasteiger charge is 2.10. The normalized spacial score (nSPS) is 10.9. The van der Waals surface area contributed by atoms with Crippen molar-refractivity contribution in [2.24, 2.45) is 0 Å².